The Bertz CT molecular complexity index is 875. The molecule has 0 N–H and O–H groups in total. The van der Waals surface area contributed by atoms with Crippen molar-refractivity contribution in [3.63, 3.8) is 0 Å². The average Bonchev–Trinajstić information content (AvgIpc) is 3.06. The first-order valence-electron chi connectivity index (χ1n) is 9.00. The zero-order chi connectivity index (χ0) is 20.3. The summed E-state index contributed by atoms with van der Waals surface area (Å²) in [5, 5.41) is 0. The number of fused-ring (bicyclic) bond motifs is 1. The molecule has 2 aromatic rings. The van der Waals surface area contributed by atoms with Gasteiger partial charge in [-0.05, 0) is 41.0 Å². The Hall–Kier alpha value is -3.02. The summed E-state index contributed by atoms with van der Waals surface area (Å²) in [6, 6.07) is 13.3. The minimum Gasteiger partial charge on any atom is -0.497 e. The molecule has 2 aromatic carbocycles. The van der Waals surface area contributed by atoms with E-state index in [0.717, 1.165) is 16.7 Å². The number of carbonyl (C=O) groups is 2. The van der Waals surface area contributed by atoms with Crippen LogP contribution in [-0.4, -0.2) is 40.4 Å². The average molecular weight is 384 g/mol. The number of carbonyl (C=O) groups excluding carboxylic acids is 2. The highest BCUT2D eigenvalue weighted by atomic mass is 16.5. The monoisotopic (exact) mass is 384 g/mol. The third-order valence-electron chi connectivity index (χ3n) is 5.36. The molecule has 1 aliphatic rings. The van der Waals surface area contributed by atoms with E-state index in [2.05, 4.69) is 0 Å². The number of rotatable bonds is 6. The molecule has 28 heavy (non-hydrogen) atoms. The number of benzene rings is 2. The normalized spacial score (nSPS) is 20.2. The molecule has 0 fully saturated rings. The van der Waals surface area contributed by atoms with Crippen LogP contribution in [-0.2, 0) is 19.1 Å². The fourth-order valence-corrected chi connectivity index (χ4v) is 4.06. The first-order chi connectivity index (χ1) is 13.5. The minimum absolute atomic E-state index is 0.0933. The van der Waals surface area contributed by atoms with Crippen molar-refractivity contribution >= 4 is 11.9 Å². The summed E-state index contributed by atoms with van der Waals surface area (Å²) in [4.78, 5) is 24.9. The van der Waals surface area contributed by atoms with Crippen LogP contribution in [0.25, 0.3) is 0 Å². The van der Waals surface area contributed by atoms with Crippen LogP contribution in [0.1, 0.15) is 34.9 Å². The second-order valence-corrected chi connectivity index (χ2v) is 6.68. The molecule has 6 heteroatoms. The highest BCUT2D eigenvalue weighted by Crippen LogP contribution is 2.52. The van der Waals surface area contributed by atoms with Crippen LogP contribution < -0.4 is 9.47 Å². The van der Waals surface area contributed by atoms with Crippen molar-refractivity contribution in [2.45, 2.75) is 18.3 Å². The Kier molecular flexibility index (Phi) is 5.87. The zero-order valence-electron chi connectivity index (χ0n) is 16.4. The van der Waals surface area contributed by atoms with Crippen molar-refractivity contribution in [1.82, 2.24) is 0 Å². The molecule has 3 rings (SSSR count). The largest absolute Gasteiger partial charge is 0.497 e. The lowest BCUT2D eigenvalue weighted by atomic mass is 9.81. The number of methoxy groups -OCH3 is 4. The van der Waals surface area contributed by atoms with Crippen LogP contribution in [0.15, 0.2) is 42.5 Å². The molecule has 0 saturated carbocycles. The highest BCUT2D eigenvalue weighted by molar-refractivity contribution is 5.81. The van der Waals surface area contributed by atoms with Gasteiger partial charge in [0.2, 0.25) is 0 Å². The molecule has 0 spiro atoms. The molecule has 1 aliphatic carbocycles. The summed E-state index contributed by atoms with van der Waals surface area (Å²) in [5.41, 5.74) is 2.78. The van der Waals surface area contributed by atoms with Crippen LogP contribution in [0.2, 0.25) is 0 Å². The fraction of sp³-hybridized carbons (Fsp3) is 0.364. The van der Waals surface area contributed by atoms with Gasteiger partial charge in [0.25, 0.3) is 0 Å². The molecule has 0 aliphatic heterocycles. The van der Waals surface area contributed by atoms with Gasteiger partial charge in [0.1, 0.15) is 11.5 Å². The molecule has 0 heterocycles. The van der Waals surface area contributed by atoms with Crippen LogP contribution in [0.5, 0.6) is 11.5 Å². The van der Waals surface area contributed by atoms with E-state index in [4.69, 9.17) is 18.9 Å². The van der Waals surface area contributed by atoms with Crippen molar-refractivity contribution in [2.75, 3.05) is 28.4 Å². The van der Waals surface area contributed by atoms with Crippen LogP contribution in [0.4, 0.5) is 0 Å². The highest BCUT2D eigenvalue weighted by Gasteiger charge is 2.47. The van der Waals surface area contributed by atoms with E-state index < -0.39 is 5.92 Å². The van der Waals surface area contributed by atoms with Crippen molar-refractivity contribution in [3.8, 4) is 11.5 Å². The van der Waals surface area contributed by atoms with Gasteiger partial charge in [-0.1, -0.05) is 18.2 Å². The summed E-state index contributed by atoms with van der Waals surface area (Å²) in [5.74, 6) is -0.544. The molecule has 0 aromatic heterocycles. The third-order valence-corrected chi connectivity index (χ3v) is 5.36. The third kappa shape index (κ3) is 3.54. The van der Waals surface area contributed by atoms with E-state index in [1.54, 1.807) is 14.2 Å². The number of esters is 2. The summed E-state index contributed by atoms with van der Waals surface area (Å²) in [7, 11) is 5.91. The summed E-state index contributed by atoms with van der Waals surface area (Å²) in [6.45, 7) is 0. The maximum absolute atomic E-state index is 12.8. The summed E-state index contributed by atoms with van der Waals surface area (Å²) < 4.78 is 20.8. The van der Waals surface area contributed by atoms with Gasteiger partial charge in [0, 0.05) is 11.8 Å². The van der Waals surface area contributed by atoms with Gasteiger partial charge >= 0.3 is 11.9 Å². The van der Waals surface area contributed by atoms with Gasteiger partial charge in [0.15, 0.2) is 0 Å². The summed E-state index contributed by atoms with van der Waals surface area (Å²) >= 11 is 0. The maximum Gasteiger partial charge on any atom is 0.310 e. The summed E-state index contributed by atoms with van der Waals surface area (Å²) in [6.07, 6.45) is 0.0933. The minimum atomic E-state index is -0.557. The topological polar surface area (TPSA) is 71.1 Å². The second kappa shape index (κ2) is 8.33. The number of ether oxygens (including phenoxy) is 4. The SMILES string of the molecule is COC(=O)C[C@@H]1c2ccc(OC)cc2[C@@H](c2cccc(OC)c2)[C@@H]1C(=O)OC. The van der Waals surface area contributed by atoms with E-state index >= 15 is 0 Å². The van der Waals surface area contributed by atoms with E-state index in [-0.39, 0.29) is 30.2 Å². The molecule has 0 amide bonds. The van der Waals surface area contributed by atoms with E-state index in [1.165, 1.54) is 14.2 Å². The predicted molar refractivity (Wildman–Crippen MR) is 103 cm³/mol. The van der Waals surface area contributed by atoms with Crippen LogP contribution in [0.3, 0.4) is 0 Å². The van der Waals surface area contributed by atoms with Crippen molar-refractivity contribution in [2.24, 2.45) is 5.92 Å². The zero-order valence-corrected chi connectivity index (χ0v) is 16.4. The predicted octanol–water partition coefficient (Wildman–Crippen LogP) is 3.29. The van der Waals surface area contributed by atoms with Crippen molar-refractivity contribution < 1.29 is 28.5 Å². The van der Waals surface area contributed by atoms with Crippen LogP contribution in [0, 0.1) is 5.92 Å². The quantitative estimate of drug-likeness (QED) is 0.712. The van der Waals surface area contributed by atoms with Crippen molar-refractivity contribution in [1.29, 1.82) is 0 Å². The lowest BCUT2D eigenvalue weighted by Gasteiger charge is -2.23. The number of hydrogen-bond acceptors (Lipinski definition) is 6. The Morgan fingerprint density at radius 3 is 2.21 bits per heavy atom. The lowest BCUT2D eigenvalue weighted by Crippen LogP contribution is -2.26. The first kappa shape index (κ1) is 19.7. The van der Waals surface area contributed by atoms with Gasteiger partial charge < -0.3 is 18.9 Å². The van der Waals surface area contributed by atoms with Crippen molar-refractivity contribution in [3.05, 3.63) is 59.2 Å². The van der Waals surface area contributed by atoms with Crippen LogP contribution >= 0.6 is 0 Å². The standard InChI is InChI=1S/C22H24O6/c1-25-14-7-5-6-13(10-14)20-17-11-15(26-2)8-9-16(17)18(12-19(23)27-3)21(20)22(24)28-4/h5-11,18,20-21H,12H2,1-4H3/t18-,20-,21-/m1/s1. The van der Waals surface area contributed by atoms with E-state index in [1.807, 2.05) is 42.5 Å². The molecule has 6 nitrogen and oxygen atoms in total. The molecule has 0 unspecified atom stereocenters. The molecule has 0 bridgehead atoms. The molecule has 0 saturated heterocycles. The smallest absolute Gasteiger partial charge is 0.310 e. The first-order valence-corrected chi connectivity index (χ1v) is 9.00. The van der Waals surface area contributed by atoms with Gasteiger partial charge in [-0.25, -0.2) is 0 Å². The lowest BCUT2D eigenvalue weighted by molar-refractivity contribution is -0.147. The molecular formula is C22H24O6. The number of hydrogen-bond donors (Lipinski definition) is 0. The second-order valence-electron chi connectivity index (χ2n) is 6.68. The van der Waals surface area contributed by atoms with Gasteiger partial charge in [-0.2, -0.15) is 0 Å². The molecular weight excluding hydrogens is 360 g/mol. The fourth-order valence-electron chi connectivity index (χ4n) is 4.06. The maximum atomic E-state index is 12.8. The van der Waals surface area contributed by atoms with E-state index in [9.17, 15) is 9.59 Å². The Morgan fingerprint density at radius 2 is 1.57 bits per heavy atom. The van der Waals surface area contributed by atoms with Gasteiger partial charge in [0.05, 0.1) is 40.8 Å². The molecule has 3 atom stereocenters. The Morgan fingerprint density at radius 1 is 0.857 bits per heavy atom. The Balaban J connectivity index is 2.19. The van der Waals surface area contributed by atoms with E-state index in [0.29, 0.717) is 11.5 Å². The van der Waals surface area contributed by atoms with Gasteiger partial charge in [-0.15, -0.1) is 0 Å². The van der Waals surface area contributed by atoms with Gasteiger partial charge in [-0.3, -0.25) is 9.59 Å². The Labute approximate surface area is 164 Å². The molecule has 148 valence electrons. The molecule has 0 radical (unpaired) electrons.